The number of esters is 1. The molecule has 0 aromatic heterocycles. The molecule has 2 nitrogen and oxygen atoms in total. The maximum atomic E-state index is 13.1. The molecule has 2 rings (SSSR count). The average Bonchev–Trinajstić information content (AvgIpc) is 2.64. The van der Waals surface area contributed by atoms with Gasteiger partial charge in [-0.15, -0.1) is 0 Å². The van der Waals surface area contributed by atoms with Crippen molar-refractivity contribution in [3.63, 3.8) is 0 Å². The molecule has 1 atom stereocenters. The monoisotopic (exact) mass is 364 g/mol. The number of benzene rings is 2. The lowest BCUT2D eigenvalue weighted by atomic mass is 10.0. The van der Waals surface area contributed by atoms with E-state index in [1.165, 1.54) is 12.1 Å². The maximum absolute atomic E-state index is 13.1. The predicted molar refractivity (Wildman–Crippen MR) is 95.9 cm³/mol. The Balaban J connectivity index is 2.02. The molecule has 0 fully saturated rings. The third-order valence-corrected chi connectivity index (χ3v) is 4.16. The molecular formula is C21H23F3O2. The zero-order chi connectivity index (χ0) is 19.0. The normalized spacial score (nSPS) is 12.6. The van der Waals surface area contributed by atoms with Gasteiger partial charge in [0.2, 0.25) is 0 Å². The molecule has 0 saturated carbocycles. The zero-order valence-electron chi connectivity index (χ0n) is 14.8. The van der Waals surface area contributed by atoms with Crippen LogP contribution in [0.2, 0.25) is 0 Å². The Bertz CT molecular complexity index is 679. The van der Waals surface area contributed by atoms with E-state index in [4.69, 9.17) is 4.74 Å². The minimum Gasteiger partial charge on any atom is -0.449 e. The molecule has 0 unspecified atom stereocenters. The van der Waals surface area contributed by atoms with Crippen LogP contribution in [0.3, 0.4) is 0 Å². The molecule has 0 heterocycles. The second-order valence-electron chi connectivity index (χ2n) is 6.23. The molecule has 0 saturated heterocycles. The summed E-state index contributed by atoms with van der Waals surface area (Å²) in [5.74, 6) is -0.942. The summed E-state index contributed by atoms with van der Waals surface area (Å²) < 4.78 is 44.1. The molecule has 0 aliphatic rings. The van der Waals surface area contributed by atoms with Gasteiger partial charge in [-0.25, -0.2) is 4.79 Å². The van der Waals surface area contributed by atoms with Gasteiger partial charge in [0.1, 0.15) is 0 Å². The summed E-state index contributed by atoms with van der Waals surface area (Å²) in [5.41, 5.74) is 1.97. The first kappa shape index (κ1) is 20.0. The van der Waals surface area contributed by atoms with Crippen molar-refractivity contribution in [3.8, 4) is 11.1 Å². The summed E-state index contributed by atoms with van der Waals surface area (Å²) in [6.45, 7) is 1.99. The van der Waals surface area contributed by atoms with Gasteiger partial charge in [0.15, 0.2) is 6.10 Å². The lowest BCUT2D eigenvalue weighted by Crippen LogP contribution is -2.33. The van der Waals surface area contributed by atoms with Crippen LogP contribution in [0, 0.1) is 0 Å². The van der Waals surface area contributed by atoms with E-state index in [-0.39, 0.29) is 12.0 Å². The van der Waals surface area contributed by atoms with Crippen LogP contribution in [-0.2, 0) is 4.74 Å². The van der Waals surface area contributed by atoms with Crippen molar-refractivity contribution in [1.82, 2.24) is 0 Å². The van der Waals surface area contributed by atoms with Crippen LogP contribution in [0.25, 0.3) is 11.1 Å². The molecule has 0 amide bonds. The Hall–Kier alpha value is -2.30. The van der Waals surface area contributed by atoms with Crippen LogP contribution in [-0.4, -0.2) is 18.2 Å². The van der Waals surface area contributed by atoms with E-state index in [1.807, 2.05) is 37.3 Å². The number of ether oxygens (including phenoxy) is 1. The summed E-state index contributed by atoms with van der Waals surface area (Å²) in [6.07, 6.45) is -3.90. The van der Waals surface area contributed by atoms with Crippen molar-refractivity contribution in [1.29, 1.82) is 0 Å². The SMILES string of the molecule is CCCCCC[C@@H](OC(=O)c1ccc(-c2ccccc2)cc1)C(F)(F)F. The fourth-order valence-corrected chi connectivity index (χ4v) is 2.67. The molecule has 2 aromatic rings. The zero-order valence-corrected chi connectivity index (χ0v) is 14.8. The highest BCUT2D eigenvalue weighted by Gasteiger charge is 2.42. The van der Waals surface area contributed by atoms with Gasteiger partial charge in [-0.2, -0.15) is 13.2 Å². The van der Waals surface area contributed by atoms with E-state index >= 15 is 0 Å². The van der Waals surface area contributed by atoms with Gasteiger partial charge in [0.25, 0.3) is 0 Å². The summed E-state index contributed by atoms with van der Waals surface area (Å²) in [5, 5.41) is 0. The van der Waals surface area contributed by atoms with Gasteiger partial charge in [-0.3, -0.25) is 0 Å². The van der Waals surface area contributed by atoms with E-state index in [0.717, 1.165) is 24.0 Å². The number of hydrogen-bond donors (Lipinski definition) is 0. The molecule has 0 bridgehead atoms. The van der Waals surface area contributed by atoms with Crippen LogP contribution >= 0.6 is 0 Å². The van der Waals surface area contributed by atoms with Gasteiger partial charge in [0.05, 0.1) is 5.56 Å². The summed E-state index contributed by atoms with van der Waals surface area (Å²) in [4.78, 5) is 12.1. The number of rotatable bonds is 8. The first-order chi connectivity index (χ1) is 12.4. The van der Waals surface area contributed by atoms with Crippen molar-refractivity contribution in [2.45, 2.75) is 51.3 Å². The molecule has 2 aromatic carbocycles. The molecule has 140 valence electrons. The van der Waals surface area contributed by atoms with Crippen molar-refractivity contribution in [2.75, 3.05) is 0 Å². The van der Waals surface area contributed by atoms with E-state index in [0.29, 0.717) is 12.8 Å². The number of carbonyl (C=O) groups excluding carboxylic acids is 1. The second-order valence-corrected chi connectivity index (χ2v) is 6.23. The van der Waals surface area contributed by atoms with Crippen molar-refractivity contribution in [3.05, 3.63) is 60.2 Å². The van der Waals surface area contributed by atoms with Gasteiger partial charge in [0, 0.05) is 0 Å². The Morgan fingerprint density at radius 2 is 1.54 bits per heavy atom. The highest BCUT2D eigenvalue weighted by atomic mass is 19.4. The lowest BCUT2D eigenvalue weighted by molar-refractivity contribution is -0.206. The number of alkyl halides is 3. The highest BCUT2D eigenvalue weighted by Crippen LogP contribution is 2.28. The van der Waals surface area contributed by atoms with Gasteiger partial charge >= 0.3 is 12.1 Å². The molecule has 5 heteroatoms. The molecule has 0 spiro atoms. The van der Waals surface area contributed by atoms with Crippen molar-refractivity contribution in [2.24, 2.45) is 0 Å². The number of unbranched alkanes of at least 4 members (excludes halogenated alkanes) is 3. The first-order valence-electron chi connectivity index (χ1n) is 8.85. The molecular weight excluding hydrogens is 341 g/mol. The standard InChI is InChI=1S/C21H23F3O2/c1-2-3-4-8-11-19(21(22,23)24)26-20(25)18-14-12-17(13-15-18)16-9-6-5-7-10-16/h5-7,9-10,12-15,19H,2-4,8,11H2,1H3/t19-/m1/s1. The lowest BCUT2D eigenvalue weighted by Gasteiger charge is -2.20. The van der Waals surface area contributed by atoms with Gasteiger partial charge < -0.3 is 4.74 Å². The van der Waals surface area contributed by atoms with Crippen LogP contribution in [0.1, 0.15) is 49.4 Å². The number of carbonyl (C=O) groups is 1. The number of halogens is 3. The maximum Gasteiger partial charge on any atom is 0.425 e. The molecule has 0 aliphatic carbocycles. The van der Waals surface area contributed by atoms with Crippen LogP contribution in [0.15, 0.2) is 54.6 Å². The van der Waals surface area contributed by atoms with E-state index in [9.17, 15) is 18.0 Å². The second kappa shape index (κ2) is 9.41. The fourth-order valence-electron chi connectivity index (χ4n) is 2.67. The average molecular weight is 364 g/mol. The quantitative estimate of drug-likeness (QED) is 0.399. The minimum atomic E-state index is -4.55. The summed E-state index contributed by atoms with van der Waals surface area (Å²) in [6, 6.07) is 15.9. The third kappa shape index (κ3) is 5.90. The first-order valence-corrected chi connectivity index (χ1v) is 8.85. The molecule has 26 heavy (non-hydrogen) atoms. The smallest absolute Gasteiger partial charge is 0.425 e. The Kier molecular flexibility index (Phi) is 7.25. The fraction of sp³-hybridized carbons (Fsp3) is 0.381. The summed E-state index contributed by atoms with van der Waals surface area (Å²) >= 11 is 0. The van der Waals surface area contributed by atoms with Crippen molar-refractivity contribution < 1.29 is 22.7 Å². The van der Waals surface area contributed by atoms with Crippen LogP contribution in [0.4, 0.5) is 13.2 Å². The van der Waals surface area contributed by atoms with Gasteiger partial charge in [-0.05, 0) is 36.1 Å². The predicted octanol–water partition coefficient (Wildman–Crippen LogP) is 6.41. The highest BCUT2D eigenvalue weighted by molar-refractivity contribution is 5.90. The summed E-state index contributed by atoms with van der Waals surface area (Å²) in [7, 11) is 0. The molecule has 0 aliphatic heterocycles. The Labute approximate surface area is 152 Å². The van der Waals surface area contributed by atoms with E-state index in [2.05, 4.69) is 0 Å². The van der Waals surface area contributed by atoms with Crippen LogP contribution in [0.5, 0.6) is 0 Å². The molecule has 0 radical (unpaired) electrons. The minimum absolute atomic E-state index is 0.118. The Morgan fingerprint density at radius 3 is 2.12 bits per heavy atom. The third-order valence-electron chi connectivity index (χ3n) is 4.16. The number of hydrogen-bond acceptors (Lipinski definition) is 2. The largest absolute Gasteiger partial charge is 0.449 e. The van der Waals surface area contributed by atoms with Gasteiger partial charge in [-0.1, -0.05) is 68.7 Å². The van der Waals surface area contributed by atoms with Crippen LogP contribution < -0.4 is 0 Å². The van der Waals surface area contributed by atoms with Crippen molar-refractivity contribution >= 4 is 5.97 Å². The Morgan fingerprint density at radius 1 is 0.923 bits per heavy atom. The van der Waals surface area contributed by atoms with E-state index in [1.54, 1.807) is 12.1 Å². The topological polar surface area (TPSA) is 26.3 Å². The van der Waals surface area contributed by atoms with E-state index < -0.39 is 18.2 Å². The molecule has 0 N–H and O–H groups in total.